The van der Waals surface area contributed by atoms with Crippen molar-refractivity contribution in [3.05, 3.63) is 65.0 Å². The molecule has 0 saturated heterocycles. The van der Waals surface area contributed by atoms with Crippen molar-refractivity contribution in [2.75, 3.05) is 0 Å². The van der Waals surface area contributed by atoms with Crippen molar-refractivity contribution in [2.24, 2.45) is 0 Å². The minimum Gasteiger partial charge on any atom is -0.489 e. The second-order valence-electron chi connectivity index (χ2n) is 5.03. The number of hydrogen-bond acceptors (Lipinski definition) is 2. The Morgan fingerprint density at radius 1 is 1.19 bits per heavy atom. The lowest BCUT2D eigenvalue weighted by atomic mass is 9.98. The van der Waals surface area contributed by atoms with Gasteiger partial charge in [0.1, 0.15) is 24.2 Å². The van der Waals surface area contributed by atoms with Gasteiger partial charge in [-0.2, -0.15) is 5.26 Å². The Morgan fingerprint density at radius 3 is 2.67 bits per heavy atom. The largest absolute Gasteiger partial charge is 0.489 e. The SMILES string of the molecule is CCC(C)c1ccccc1OCc1cccc(C#N)c1F. The smallest absolute Gasteiger partial charge is 0.147 e. The number of nitriles is 1. The third-order valence-electron chi connectivity index (χ3n) is 3.64. The number of nitrogens with zero attached hydrogens (tertiary/aromatic N) is 1. The first-order chi connectivity index (χ1) is 10.2. The molecule has 1 atom stereocenters. The number of rotatable bonds is 5. The highest BCUT2D eigenvalue weighted by Crippen LogP contribution is 2.29. The predicted molar refractivity (Wildman–Crippen MR) is 80.6 cm³/mol. The summed E-state index contributed by atoms with van der Waals surface area (Å²) in [6.45, 7) is 4.38. The van der Waals surface area contributed by atoms with Crippen molar-refractivity contribution in [3.63, 3.8) is 0 Å². The van der Waals surface area contributed by atoms with E-state index in [0.717, 1.165) is 17.7 Å². The van der Waals surface area contributed by atoms with Crippen LogP contribution in [-0.4, -0.2) is 0 Å². The molecule has 21 heavy (non-hydrogen) atoms. The standard InChI is InChI=1S/C18H18FNO/c1-3-13(2)16-9-4-5-10-17(16)21-12-15-8-6-7-14(11-20)18(15)19/h4-10,13H,3,12H2,1-2H3. The van der Waals surface area contributed by atoms with Crippen molar-refractivity contribution >= 4 is 0 Å². The minimum atomic E-state index is -0.499. The average Bonchev–Trinajstić information content (AvgIpc) is 2.53. The van der Waals surface area contributed by atoms with Crippen LogP contribution in [0.5, 0.6) is 5.75 Å². The lowest BCUT2D eigenvalue weighted by Crippen LogP contribution is -2.03. The molecule has 2 rings (SSSR count). The molecule has 0 radical (unpaired) electrons. The highest BCUT2D eigenvalue weighted by atomic mass is 19.1. The Hall–Kier alpha value is -2.34. The Morgan fingerprint density at radius 2 is 1.95 bits per heavy atom. The van der Waals surface area contributed by atoms with E-state index in [4.69, 9.17) is 10.00 Å². The van der Waals surface area contributed by atoms with E-state index in [1.54, 1.807) is 12.1 Å². The first kappa shape index (κ1) is 15.1. The predicted octanol–water partition coefficient (Wildman–Crippen LogP) is 4.79. The van der Waals surface area contributed by atoms with Crippen LogP contribution in [0.4, 0.5) is 4.39 Å². The quantitative estimate of drug-likeness (QED) is 0.790. The molecule has 108 valence electrons. The van der Waals surface area contributed by atoms with E-state index < -0.39 is 5.82 Å². The molecule has 2 nitrogen and oxygen atoms in total. The summed E-state index contributed by atoms with van der Waals surface area (Å²) in [6, 6.07) is 14.4. The summed E-state index contributed by atoms with van der Waals surface area (Å²) in [4.78, 5) is 0. The molecule has 0 N–H and O–H groups in total. The molecule has 0 aliphatic carbocycles. The molecule has 0 aromatic heterocycles. The molecule has 0 amide bonds. The maximum absolute atomic E-state index is 14.0. The van der Waals surface area contributed by atoms with Gasteiger partial charge in [0.15, 0.2) is 0 Å². The molecule has 0 saturated carbocycles. The highest BCUT2D eigenvalue weighted by Gasteiger charge is 2.12. The van der Waals surface area contributed by atoms with Crippen LogP contribution >= 0.6 is 0 Å². The van der Waals surface area contributed by atoms with E-state index in [2.05, 4.69) is 13.8 Å². The monoisotopic (exact) mass is 283 g/mol. The van der Waals surface area contributed by atoms with E-state index in [9.17, 15) is 4.39 Å². The van der Waals surface area contributed by atoms with Crippen LogP contribution in [-0.2, 0) is 6.61 Å². The summed E-state index contributed by atoms with van der Waals surface area (Å²) < 4.78 is 19.8. The van der Waals surface area contributed by atoms with Gasteiger partial charge in [0, 0.05) is 5.56 Å². The van der Waals surface area contributed by atoms with Gasteiger partial charge in [-0.25, -0.2) is 4.39 Å². The van der Waals surface area contributed by atoms with E-state index in [-0.39, 0.29) is 12.2 Å². The van der Waals surface area contributed by atoms with Crippen LogP contribution in [0.15, 0.2) is 42.5 Å². The van der Waals surface area contributed by atoms with E-state index >= 15 is 0 Å². The van der Waals surface area contributed by atoms with Crippen LogP contribution < -0.4 is 4.74 Å². The van der Waals surface area contributed by atoms with Crippen LogP contribution in [0, 0.1) is 17.1 Å². The van der Waals surface area contributed by atoms with Gasteiger partial charge in [-0.1, -0.05) is 44.2 Å². The maximum Gasteiger partial charge on any atom is 0.147 e. The Balaban J connectivity index is 2.20. The van der Waals surface area contributed by atoms with E-state index in [0.29, 0.717) is 11.5 Å². The Kier molecular flexibility index (Phi) is 4.94. The lowest BCUT2D eigenvalue weighted by molar-refractivity contribution is 0.295. The number of ether oxygens (including phenoxy) is 1. The first-order valence-electron chi connectivity index (χ1n) is 7.06. The summed E-state index contributed by atoms with van der Waals surface area (Å²) >= 11 is 0. The summed E-state index contributed by atoms with van der Waals surface area (Å²) in [5, 5.41) is 8.85. The van der Waals surface area contributed by atoms with Crippen molar-refractivity contribution in [2.45, 2.75) is 32.8 Å². The number of halogens is 1. The van der Waals surface area contributed by atoms with E-state index in [1.165, 1.54) is 6.07 Å². The van der Waals surface area contributed by atoms with Gasteiger partial charge in [-0.05, 0) is 30.0 Å². The number of hydrogen-bond donors (Lipinski definition) is 0. The summed E-state index contributed by atoms with van der Waals surface area (Å²) in [5.41, 5.74) is 1.57. The molecule has 0 spiro atoms. The van der Waals surface area contributed by atoms with Gasteiger partial charge >= 0.3 is 0 Å². The molecular formula is C18H18FNO. The zero-order valence-corrected chi connectivity index (χ0v) is 12.3. The van der Waals surface area contributed by atoms with Gasteiger partial charge in [0.05, 0.1) is 5.56 Å². The van der Waals surface area contributed by atoms with Crippen molar-refractivity contribution in [1.82, 2.24) is 0 Å². The van der Waals surface area contributed by atoms with Crippen LogP contribution in [0.2, 0.25) is 0 Å². The Labute approximate surface area is 124 Å². The van der Waals surface area contributed by atoms with Gasteiger partial charge in [0.25, 0.3) is 0 Å². The topological polar surface area (TPSA) is 33.0 Å². The zero-order valence-electron chi connectivity index (χ0n) is 12.3. The molecule has 2 aromatic rings. The second kappa shape index (κ2) is 6.90. The van der Waals surface area contributed by atoms with Crippen LogP contribution in [0.3, 0.4) is 0 Å². The fraction of sp³-hybridized carbons (Fsp3) is 0.278. The molecule has 2 aromatic carbocycles. The van der Waals surface area contributed by atoms with Crippen molar-refractivity contribution in [3.8, 4) is 11.8 Å². The van der Waals surface area contributed by atoms with Gasteiger partial charge in [-0.3, -0.25) is 0 Å². The fourth-order valence-corrected chi connectivity index (χ4v) is 2.17. The molecular weight excluding hydrogens is 265 g/mol. The maximum atomic E-state index is 14.0. The van der Waals surface area contributed by atoms with Gasteiger partial charge in [-0.15, -0.1) is 0 Å². The minimum absolute atomic E-state index is 0.0475. The fourth-order valence-electron chi connectivity index (χ4n) is 2.17. The lowest BCUT2D eigenvalue weighted by Gasteiger charge is -2.16. The highest BCUT2D eigenvalue weighted by molar-refractivity contribution is 5.37. The van der Waals surface area contributed by atoms with Crippen LogP contribution in [0.1, 0.15) is 42.9 Å². The molecule has 0 heterocycles. The average molecular weight is 283 g/mol. The van der Waals surface area contributed by atoms with Crippen LogP contribution in [0.25, 0.3) is 0 Å². The normalized spacial score (nSPS) is 11.7. The summed E-state index contributed by atoms with van der Waals surface area (Å²) in [5.74, 6) is 0.658. The molecule has 1 unspecified atom stereocenters. The molecule has 0 aliphatic heterocycles. The van der Waals surface area contributed by atoms with Crippen molar-refractivity contribution in [1.29, 1.82) is 5.26 Å². The summed E-state index contributed by atoms with van der Waals surface area (Å²) in [7, 11) is 0. The van der Waals surface area contributed by atoms with E-state index in [1.807, 2.05) is 30.3 Å². The zero-order chi connectivity index (χ0) is 15.2. The first-order valence-corrected chi connectivity index (χ1v) is 7.06. The number of benzene rings is 2. The molecule has 0 fully saturated rings. The van der Waals surface area contributed by atoms with Gasteiger partial charge < -0.3 is 4.74 Å². The second-order valence-corrected chi connectivity index (χ2v) is 5.03. The summed E-state index contributed by atoms with van der Waals surface area (Å²) in [6.07, 6.45) is 1.01. The molecule has 0 aliphatic rings. The number of para-hydroxylation sites is 1. The third-order valence-corrected chi connectivity index (χ3v) is 3.64. The van der Waals surface area contributed by atoms with Crippen molar-refractivity contribution < 1.29 is 9.13 Å². The Bertz CT molecular complexity index is 661. The van der Waals surface area contributed by atoms with Gasteiger partial charge in [0.2, 0.25) is 0 Å². The molecule has 3 heteroatoms. The molecule has 0 bridgehead atoms. The third kappa shape index (κ3) is 3.41.